The lowest BCUT2D eigenvalue weighted by Gasteiger charge is -2.14. The summed E-state index contributed by atoms with van der Waals surface area (Å²) in [5.41, 5.74) is 3.12. The van der Waals surface area contributed by atoms with E-state index in [9.17, 15) is 15.0 Å². The molecule has 0 radical (unpaired) electrons. The molecule has 10 heteroatoms. The van der Waals surface area contributed by atoms with E-state index in [0.29, 0.717) is 23.7 Å². The molecule has 10 nitrogen and oxygen atoms in total. The van der Waals surface area contributed by atoms with E-state index in [-0.39, 0.29) is 0 Å². The van der Waals surface area contributed by atoms with Crippen molar-refractivity contribution >= 4 is 17.4 Å². The predicted molar refractivity (Wildman–Crippen MR) is 103 cm³/mol. The number of fused-ring (bicyclic) bond motifs is 1. The number of aromatic nitrogens is 4. The van der Waals surface area contributed by atoms with E-state index in [4.69, 9.17) is 4.74 Å². The number of aliphatic hydroxyl groups excluding tert-OH is 2. The van der Waals surface area contributed by atoms with Crippen LogP contribution in [0.25, 0.3) is 5.65 Å². The molecule has 0 spiro atoms. The molecule has 0 bridgehead atoms. The van der Waals surface area contributed by atoms with E-state index >= 15 is 0 Å². The van der Waals surface area contributed by atoms with Gasteiger partial charge < -0.3 is 25.6 Å². The SMILES string of the molecule is CNC(=O)[C@H]1O[C@@H](c2cnc3c(NCc4cccc(C)c4)ncnn23)[C@H](O)[C@@H]1O. The van der Waals surface area contributed by atoms with E-state index in [1.54, 1.807) is 0 Å². The van der Waals surface area contributed by atoms with E-state index in [1.807, 2.05) is 25.1 Å². The lowest BCUT2D eigenvalue weighted by Crippen LogP contribution is -2.41. The predicted octanol–water partition coefficient (Wildman–Crippen LogP) is -0.0475. The topological polar surface area (TPSA) is 134 Å². The van der Waals surface area contributed by atoms with E-state index in [0.717, 1.165) is 11.1 Å². The maximum absolute atomic E-state index is 11.9. The largest absolute Gasteiger partial charge is 0.387 e. The highest BCUT2D eigenvalue weighted by Crippen LogP contribution is 2.34. The third-order valence-corrected chi connectivity index (χ3v) is 4.93. The Kier molecular flexibility index (Phi) is 5.14. The van der Waals surface area contributed by atoms with Gasteiger partial charge in [0.05, 0.1) is 11.9 Å². The van der Waals surface area contributed by atoms with Crippen LogP contribution in [0.5, 0.6) is 0 Å². The maximum atomic E-state index is 11.9. The molecule has 2 aromatic heterocycles. The molecule has 4 rings (SSSR count). The van der Waals surface area contributed by atoms with Gasteiger partial charge in [-0.15, -0.1) is 0 Å². The van der Waals surface area contributed by atoms with Crippen LogP contribution in [0.1, 0.15) is 22.9 Å². The molecule has 29 heavy (non-hydrogen) atoms. The van der Waals surface area contributed by atoms with Crippen molar-refractivity contribution in [2.75, 3.05) is 12.4 Å². The number of aryl methyl sites for hydroxylation is 1. The molecular weight excluding hydrogens is 376 g/mol. The van der Waals surface area contributed by atoms with Crippen molar-refractivity contribution in [3.05, 3.63) is 53.6 Å². The first-order valence-corrected chi connectivity index (χ1v) is 9.21. The molecule has 1 fully saturated rings. The van der Waals surface area contributed by atoms with Crippen LogP contribution in [-0.4, -0.2) is 61.1 Å². The summed E-state index contributed by atoms with van der Waals surface area (Å²) in [6.07, 6.45) is -1.92. The van der Waals surface area contributed by atoms with E-state index < -0.39 is 30.3 Å². The third-order valence-electron chi connectivity index (χ3n) is 4.93. The van der Waals surface area contributed by atoms with Crippen molar-refractivity contribution in [1.82, 2.24) is 24.9 Å². The Bertz CT molecular complexity index is 1040. The number of aliphatic hydroxyl groups is 2. The summed E-state index contributed by atoms with van der Waals surface area (Å²) in [4.78, 5) is 20.5. The monoisotopic (exact) mass is 398 g/mol. The van der Waals surface area contributed by atoms with Gasteiger partial charge >= 0.3 is 0 Å². The number of likely N-dealkylation sites (N-methyl/N-ethyl adjacent to an activating group) is 1. The van der Waals surface area contributed by atoms with Gasteiger partial charge in [0, 0.05) is 13.6 Å². The molecule has 0 unspecified atom stereocenters. The van der Waals surface area contributed by atoms with Crippen LogP contribution in [0.15, 0.2) is 36.8 Å². The molecule has 3 aromatic rings. The first-order chi connectivity index (χ1) is 14.0. The summed E-state index contributed by atoms with van der Waals surface area (Å²) in [5, 5.41) is 30.4. The second kappa shape index (κ2) is 7.74. The van der Waals surface area contributed by atoms with Gasteiger partial charge in [-0.05, 0) is 12.5 Å². The third kappa shape index (κ3) is 3.53. The van der Waals surface area contributed by atoms with Crippen LogP contribution < -0.4 is 10.6 Å². The zero-order chi connectivity index (χ0) is 20.5. The van der Waals surface area contributed by atoms with Crippen molar-refractivity contribution < 1.29 is 19.7 Å². The fraction of sp³-hybridized carbons (Fsp3) is 0.368. The molecule has 4 N–H and O–H groups in total. The Hall–Kier alpha value is -3.08. The normalized spacial score (nSPS) is 24.0. The number of imidazole rings is 1. The number of hydrogen-bond acceptors (Lipinski definition) is 8. The van der Waals surface area contributed by atoms with Crippen molar-refractivity contribution in [2.24, 2.45) is 0 Å². The highest BCUT2D eigenvalue weighted by atomic mass is 16.5. The maximum Gasteiger partial charge on any atom is 0.251 e. The second-order valence-electron chi connectivity index (χ2n) is 6.94. The summed E-state index contributed by atoms with van der Waals surface area (Å²) >= 11 is 0. The Morgan fingerprint density at radius 1 is 1.28 bits per heavy atom. The molecule has 152 valence electrons. The molecule has 0 saturated carbocycles. The minimum atomic E-state index is -1.36. The van der Waals surface area contributed by atoms with Crippen molar-refractivity contribution in [3.63, 3.8) is 0 Å². The lowest BCUT2D eigenvalue weighted by molar-refractivity contribution is -0.135. The van der Waals surface area contributed by atoms with Crippen LogP contribution in [-0.2, 0) is 16.1 Å². The van der Waals surface area contributed by atoms with Crippen LogP contribution in [0.3, 0.4) is 0 Å². The summed E-state index contributed by atoms with van der Waals surface area (Å²) < 4.78 is 7.10. The zero-order valence-corrected chi connectivity index (χ0v) is 16.0. The van der Waals surface area contributed by atoms with Gasteiger partial charge in [0.2, 0.25) is 0 Å². The molecule has 1 aliphatic rings. The average molecular weight is 398 g/mol. The quantitative estimate of drug-likeness (QED) is 0.470. The number of hydrogen-bond donors (Lipinski definition) is 4. The van der Waals surface area contributed by atoms with Gasteiger partial charge in [-0.2, -0.15) is 5.10 Å². The Labute approximate surface area is 166 Å². The molecule has 1 amide bonds. The van der Waals surface area contributed by atoms with Crippen molar-refractivity contribution in [2.45, 2.75) is 37.9 Å². The fourth-order valence-corrected chi connectivity index (χ4v) is 3.44. The molecule has 1 saturated heterocycles. The molecule has 1 aromatic carbocycles. The number of nitrogens with zero attached hydrogens (tertiary/aromatic N) is 4. The van der Waals surface area contributed by atoms with Crippen LogP contribution in [0.2, 0.25) is 0 Å². The minimum absolute atomic E-state index is 0.416. The highest BCUT2D eigenvalue weighted by Gasteiger charge is 2.48. The van der Waals surface area contributed by atoms with Gasteiger partial charge in [0.15, 0.2) is 17.6 Å². The van der Waals surface area contributed by atoms with Gasteiger partial charge in [-0.1, -0.05) is 29.8 Å². The van der Waals surface area contributed by atoms with Crippen molar-refractivity contribution in [1.29, 1.82) is 0 Å². The summed E-state index contributed by atoms with van der Waals surface area (Å²) in [7, 11) is 1.44. The smallest absolute Gasteiger partial charge is 0.251 e. The number of carbonyl (C=O) groups is 1. The summed E-state index contributed by atoms with van der Waals surface area (Å²) in [6, 6.07) is 8.10. The second-order valence-corrected chi connectivity index (χ2v) is 6.94. The molecule has 1 aliphatic heterocycles. The Morgan fingerprint density at radius 3 is 2.86 bits per heavy atom. The lowest BCUT2D eigenvalue weighted by atomic mass is 10.1. The number of benzene rings is 1. The Morgan fingerprint density at radius 2 is 2.10 bits per heavy atom. The molecular formula is C19H22N6O4. The zero-order valence-electron chi connectivity index (χ0n) is 16.0. The van der Waals surface area contributed by atoms with E-state index in [1.165, 1.54) is 24.1 Å². The number of amides is 1. The highest BCUT2D eigenvalue weighted by molar-refractivity contribution is 5.81. The summed E-state index contributed by atoms with van der Waals surface area (Å²) in [6.45, 7) is 2.58. The first kappa shape index (κ1) is 19.2. The van der Waals surface area contributed by atoms with Crippen molar-refractivity contribution in [3.8, 4) is 0 Å². The van der Waals surface area contributed by atoms with Crippen LogP contribution in [0.4, 0.5) is 5.82 Å². The number of ether oxygens (including phenoxy) is 1. The van der Waals surface area contributed by atoms with Gasteiger partial charge in [0.1, 0.15) is 24.6 Å². The first-order valence-electron chi connectivity index (χ1n) is 9.21. The molecule has 4 atom stereocenters. The summed E-state index contributed by atoms with van der Waals surface area (Å²) in [5.74, 6) is 0.00616. The van der Waals surface area contributed by atoms with Gasteiger partial charge in [-0.3, -0.25) is 4.79 Å². The minimum Gasteiger partial charge on any atom is -0.387 e. The standard InChI is InChI=1S/C19H22N6O4/c1-10-4-3-5-11(6-10)7-21-17-18-22-8-12(25(18)24-9-23-17)15-13(26)14(27)16(29-15)19(28)20-2/h3-6,8-9,13-16,26-27H,7H2,1-2H3,(H,20,28)(H,21,23,24)/t13-,14+,15+,16+/m1/s1. The average Bonchev–Trinajstić information content (AvgIpc) is 3.28. The number of anilines is 1. The van der Waals surface area contributed by atoms with Gasteiger partial charge in [-0.25, -0.2) is 14.5 Å². The van der Waals surface area contributed by atoms with Gasteiger partial charge in [0.25, 0.3) is 5.91 Å². The van der Waals surface area contributed by atoms with Crippen LogP contribution in [0, 0.1) is 6.92 Å². The number of carbonyl (C=O) groups excluding carboxylic acids is 1. The fourth-order valence-electron chi connectivity index (χ4n) is 3.44. The number of rotatable bonds is 5. The van der Waals surface area contributed by atoms with Crippen LogP contribution >= 0.6 is 0 Å². The molecule has 3 heterocycles. The number of nitrogens with one attached hydrogen (secondary N) is 2. The molecule has 0 aliphatic carbocycles. The van der Waals surface area contributed by atoms with E-state index in [2.05, 4.69) is 31.8 Å². The Balaban J connectivity index is 1.60.